The van der Waals surface area contributed by atoms with E-state index >= 15 is 0 Å². The van der Waals surface area contributed by atoms with Crippen molar-refractivity contribution >= 4 is 0 Å². The SMILES string of the molecule is CCC1CN(CCC(C)(O)CN)CCN1C. The van der Waals surface area contributed by atoms with Crippen molar-refractivity contribution in [2.24, 2.45) is 5.73 Å². The number of aliphatic hydroxyl groups is 1. The minimum Gasteiger partial charge on any atom is -0.389 e. The lowest BCUT2D eigenvalue weighted by molar-refractivity contribution is 0.0314. The Morgan fingerprint density at radius 2 is 2.12 bits per heavy atom. The number of nitrogens with two attached hydrogens (primary N) is 1. The van der Waals surface area contributed by atoms with E-state index in [4.69, 9.17) is 5.73 Å². The Morgan fingerprint density at radius 1 is 1.44 bits per heavy atom. The third-order valence-electron chi connectivity index (χ3n) is 3.74. The Hall–Kier alpha value is -0.160. The predicted octanol–water partition coefficient (Wildman–Crippen LogP) is 0.112. The molecule has 2 unspecified atom stereocenters. The van der Waals surface area contributed by atoms with Gasteiger partial charge in [-0.15, -0.1) is 0 Å². The molecule has 2 atom stereocenters. The van der Waals surface area contributed by atoms with E-state index in [-0.39, 0.29) is 0 Å². The topological polar surface area (TPSA) is 52.7 Å². The molecule has 1 aliphatic rings. The van der Waals surface area contributed by atoms with E-state index in [1.807, 2.05) is 6.92 Å². The number of hydrogen-bond donors (Lipinski definition) is 2. The van der Waals surface area contributed by atoms with Crippen LogP contribution < -0.4 is 5.73 Å². The van der Waals surface area contributed by atoms with Crippen molar-refractivity contribution in [3.8, 4) is 0 Å². The third kappa shape index (κ3) is 4.01. The first-order chi connectivity index (χ1) is 7.48. The summed E-state index contributed by atoms with van der Waals surface area (Å²) in [5, 5.41) is 9.87. The molecule has 0 aromatic carbocycles. The molecule has 0 aromatic rings. The van der Waals surface area contributed by atoms with Crippen LogP contribution in [-0.2, 0) is 0 Å². The van der Waals surface area contributed by atoms with Crippen LogP contribution in [-0.4, -0.2) is 66.3 Å². The van der Waals surface area contributed by atoms with Crippen LogP contribution in [0.3, 0.4) is 0 Å². The Bertz CT molecular complexity index is 208. The molecule has 1 fully saturated rings. The van der Waals surface area contributed by atoms with Crippen LogP contribution in [0, 0.1) is 0 Å². The van der Waals surface area contributed by atoms with Gasteiger partial charge in [-0.2, -0.15) is 0 Å². The van der Waals surface area contributed by atoms with Crippen LogP contribution >= 0.6 is 0 Å². The average molecular weight is 229 g/mol. The second kappa shape index (κ2) is 5.96. The molecule has 4 heteroatoms. The zero-order valence-electron chi connectivity index (χ0n) is 10.9. The predicted molar refractivity (Wildman–Crippen MR) is 67.4 cm³/mol. The van der Waals surface area contributed by atoms with E-state index in [0.717, 1.165) is 32.6 Å². The molecule has 0 radical (unpaired) electrons. The number of rotatable bonds is 5. The summed E-state index contributed by atoms with van der Waals surface area (Å²) in [6.45, 7) is 8.71. The molecule has 1 rings (SSSR count). The van der Waals surface area contributed by atoms with Crippen molar-refractivity contribution in [2.45, 2.75) is 38.3 Å². The van der Waals surface area contributed by atoms with E-state index < -0.39 is 5.60 Å². The fourth-order valence-corrected chi connectivity index (χ4v) is 2.16. The van der Waals surface area contributed by atoms with Gasteiger partial charge in [-0.05, 0) is 26.8 Å². The molecule has 1 saturated heterocycles. The Balaban J connectivity index is 2.33. The lowest BCUT2D eigenvalue weighted by atomic mass is 10.0. The molecule has 0 aliphatic carbocycles. The van der Waals surface area contributed by atoms with Gasteiger partial charge in [0.05, 0.1) is 5.60 Å². The normalized spacial score (nSPS) is 27.9. The molecule has 0 bridgehead atoms. The smallest absolute Gasteiger partial charge is 0.0753 e. The van der Waals surface area contributed by atoms with Gasteiger partial charge in [0.15, 0.2) is 0 Å². The summed E-state index contributed by atoms with van der Waals surface area (Å²) in [6.07, 6.45) is 1.96. The first kappa shape index (κ1) is 13.9. The van der Waals surface area contributed by atoms with Gasteiger partial charge < -0.3 is 20.6 Å². The highest BCUT2D eigenvalue weighted by Crippen LogP contribution is 2.13. The maximum Gasteiger partial charge on any atom is 0.0753 e. The molecule has 4 nitrogen and oxygen atoms in total. The zero-order chi connectivity index (χ0) is 12.2. The molecule has 0 spiro atoms. The van der Waals surface area contributed by atoms with Crippen LogP contribution in [0.1, 0.15) is 26.7 Å². The summed E-state index contributed by atoms with van der Waals surface area (Å²) in [6, 6.07) is 0.663. The molecule has 96 valence electrons. The highest BCUT2D eigenvalue weighted by atomic mass is 16.3. The molecule has 16 heavy (non-hydrogen) atoms. The molecule has 3 N–H and O–H groups in total. The van der Waals surface area contributed by atoms with Crippen molar-refractivity contribution in [3.05, 3.63) is 0 Å². The molecule has 0 saturated carbocycles. The Labute approximate surface area is 99.4 Å². The van der Waals surface area contributed by atoms with Gasteiger partial charge in [0.25, 0.3) is 0 Å². The highest BCUT2D eigenvalue weighted by molar-refractivity contribution is 4.81. The second-order valence-electron chi connectivity index (χ2n) is 5.29. The van der Waals surface area contributed by atoms with Crippen LogP contribution in [0.5, 0.6) is 0 Å². The van der Waals surface area contributed by atoms with Gasteiger partial charge in [0, 0.05) is 38.8 Å². The molecule has 1 aliphatic heterocycles. The van der Waals surface area contributed by atoms with Crippen LogP contribution in [0.15, 0.2) is 0 Å². The summed E-state index contributed by atoms with van der Waals surface area (Å²) in [7, 11) is 2.20. The quantitative estimate of drug-likeness (QED) is 0.703. The largest absolute Gasteiger partial charge is 0.389 e. The minimum atomic E-state index is -0.703. The van der Waals surface area contributed by atoms with Crippen molar-refractivity contribution in [1.82, 2.24) is 9.80 Å². The first-order valence-corrected chi connectivity index (χ1v) is 6.33. The molecule has 1 heterocycles. The van der Waals surface area contributed by atoms with E-state index in [2.05, 4.69) is 23.8 Å². The summed E-state index contributed by atoms with van der Waals surface area (Å²) >= 11 is 0. The lowest BCUT2D eigenvalue weighted by Crippen LogP contribution is -2.52. The Morgan fingerprint density at radius 3 is 2.69 bits per heavy atom. The highest BCUT2D eigenvalue weighted by Gasteiger charge is 2.25. The number of likely N-dealkylation sites (N-methyl/N-ethyl adjacent to an activating group) is 1. The van der Waals surface area contributed by atoms with Crippen LogP contribution in [0.25, 0.3) is 0 Å². The molecular weight excluding hydrogens is 202 g/mol. The first-order valence-electron chi connectivity index (χ1n) is 6.33. The van der Waals surface area contributed by atoms with E-state index in [1.54, 1.807) is 0 Å². The number of hydrogen-bond acceptors (Lipinski definition) is 4. The van der Waals surface area contributed by atoms with Gasteiger partial charge in [0.2, 0.25) is 0 Å². The molecular formula is C12H27N3O. The standard InChI is InChI=1S/C12H27N3O/c1-4-11-9-15(8-7-14(11)3)6-5-12(2,16)10-13/h11,16H,4-10,13H2,1-3H3. The van der Waals surface area contributed by atoms with Crippen molar-refractivity contribution in [1.29, 1.82) is 0 Å². The van der Waals surface area contributed by atoms with Gasteiger partial charge in [-0.3, -0.25) is 0 Å². The zero-order valence-corrected chi connectivity index (χ0v) is 10.9. The average Bonchev–Trinajstić information content (AvgIpc) is 2.28. The van der Waals surface area contributed by atoms with E-state index in [0.29, 0.717) is 12.6 Å². The maximum atomic E-state index is 9.87. The monoisotopic (exact) mass is 229 g/mol. The summed E-state index contributed by atoms with van der Waals surface area (Å²) in [4.78, 5) is 4.87. The van der Waals surface area contributed by atoms with Crippen molar-refractivity contribution in [2.75, 3.05) is 39.8 Å². The van der Waals surface area contributed by atoms with Gasteiger partial charge in [0.1, 0.15) is 0 Å². The summed E-state index contributed by atoms with van der Waals surface area (Å²) < 4.78 is 0. The maximum absolute atomic E-state index is 9.87. The van der Waals surface area contributed by atoms with Crippen LogP contribution in [0.4, 0.5) is 0 Å². The van der Waals surface area contributed by atoms with Gasteiger partial charge >= 0.3 is 0 Å². The minimum absolute atomic E-state index is 0.345. The van der Waals surface area contributed by atoms with E-state index in [1.165, 1.54) is 6.42 Å². The van der Waals surface area contributed by atoms with Crippen molar-refractivity contribution in [3.63, 3.8) is 0 Å². The number of nitrogens with zero attached hydrogens (tertiary/aromatic N) is 2. The fourth-order valence-electron chi connectivity index (χ4n) is 2.16. The molecule has 0 amide bonds. The lowest BCUT2D eigenvalue weighted by Gasteiger charge is -2.40. The molecule has 0 aromatic heterocycles. The van der Waals surface area contributed by atoms with Gasteiger partial charge in [-0.25, -0.2) is 0 Å². The van der Waals surface area contributed by atoms with Crippen molar-refractivity contribution < 1.29 is 5.11 Å². The Kier molecular flexibility index (Phi) is 5.18. The summed E-state index contributed by atoms with van der Waals surface area (Å²) in [5.41, 5.74) is 4.82. The fraction of sp³-hybridized carbons (Fsp3) is 1.00. The van der Waals surface area contributed by atoms with Crippen LogP contribution in [0.2, 0.25) is 0 Å². The van der Waals surface area contributed by atoms with Gasteiger partial charge in [-0.1, -0.05) is 6.92 Å². The second-order valence-corrected chi connectivity index (χ2v) is 5.29. The van der Waals surface area contributed by atoms with E-state index in [9.17, 15) is 5.11 Å². The number of piperazine rings is 1. The summed E-state index contributed by atoms with van der Waals surface area (Å²) in [5.74, 6) is 0. The third-order valence-corrected chi connectivity index (χ3v) is 3.74.